The molecule has 1 heterocycles. The van der Waals surface area contributed by atoms with E-state index in [0.29, 0.717) is 18.3 Å². The zero-order valence-electron chi connectivity index (χ0n) is 12.5. The van der Waals surface area contributed by atoms with Gasteiger partial charge in [-0.05, 0) is 38.6 Å². The van der Waals surface area contributed by atoms with Crippen LogP contribution in [0, 0.1) is 16.0 Å². The number of nitrogens with two attached hydrogens (primary N) is 1. The van der Waals surface area contributed by atoms with Crippen molar-refractivity contribution in [3.8, 4) is 5.75 Å². The predicted molar refractivity (Wildman–Crippen MR) is 82.9 cm³/mol. The number of rotatable bonds is 6. The quantitative estimate of drug-likeness (QED) is 0.644. The van der Waals surface area contributed by atoms with E-state index < -0.39 is 0 Å². The highest BCUT2D eigenvalue weighted by atomic mass is 16.6. The smallest absolute Gasteiger partial charge is 0.275 e. The van der Waals surface area contributed by atoms with E-state index in [4.69, 9.17) is 10.5 Å². The lowest BCUT2D eigenvalue weighted by Gasteiger charge is -2.33. The van der Waals surface area contributed by atoms with Crippen molar-refractivity contribution in [1.29, 1.82) is 0 Å². The molecule has 21 heavy (non-hydrogen) atoms. The van der Waals surface area contributed by atoms with Crippen molar-refractivity contribution in [3.63, 3.8) is 0 Å². The van der Waals surface area contributed by atoms with Crippen LogP contribution >= 0.6 is 0 Å². The van der Waals surface area contributed by atoms with E-state index in [1.54, 1.807) is 6.07 Å². The lowest BCUT2D eigenvalue weighted by Crippen LogP contribution is -2.34. The van der Waals surface area contributed by atoms with E-state index in [1.807, 2.05) is 13.0 Å². The third kappa shape index (κ3) is 4.07. The summed E-state index contributed by atoms with van der Waals surface area (Å²) in [6.07, 6.45) is 3.24. The van der Waals surface area contributed by atoms with Gasteiger partial charge in [-0.1, -0.05) is 0 Å². The van der Waals surface area contributed by atoms with Crippen molar-refractivity contribution in [1.82, 2.24) is 0 Å². The second kappa shape index (κ2) is 7.26. The van der Waals surface area contributed by atoms with E-state index in [1.165, 1.54) is 6.07 Å². The summed E-state index contributed by atoms with van der Waals surface area (Å²) >= 11 is 0. The van der Waals surface area contributed by atoms with Gasteiger partial charge >= 0.3 is 0 Å². The number of benzene rings is 1. The molecule has 2 N–H and O–H groups in total. The zero-order valence-corrected chi connectivity index (χ0v) is 12.5. The molecule has 0 radical (unpaired) electrons. The Bertz CT molecular complexity index is 485. The minimum Gasteiger partial charge on any atom is -0.494 e. The lowest BCUT2D eigenvalue weighted by atomic mass is 9.93. The predicted octanol–water partition coefficient (Wildman–Crippen LogP) is 2.56. The monoisotopic (exact) mass is 293 g/mol. The Morgan fingerprint density at radius 1 is 1.38 bits per heavy atom. The fraction of sp³-hybridized carbons (Fsp3) is 0.600. The molecule has 0 saturated carbocycles. The third-order valence-electron chi connectivity index (χ3n) is 3.95. The van der Waals surface area contributed by atoms with Crippen LogP contribution in [0.1, 0.15) is 26.2 Å². The van der Waals surface area contributed by atoms with E-state index in [0.717, 1.165) is 44.6 Å². The van der Waals surface area contributed by atoms with Gasteiger partial charge in [0.05, 0.1) is 17.6 Å². The van der Waals surface area contributed by atoms with Crippen molar-refractivity contribution in [2.24, 2.45) is 11.7 Å². The Balaban J connectivity index is 2.13. The highest BCUT2D eigenvalue weighted by Crippen LogP contribution is 2.31. The van der Waals surface area contributed by atoms with Gasteiger partial charge in [-0.25, -0.2) is 0 Å². The maximum atomic E-state index is 11.0. The summed E-state index contributed by atoms with van der Waals surface area (Å²) in [5.74, 6) is 1.24. The summed E-state index contributed by atoms with van der Waals surface area (Å²) in [4.78, 5) is 12.9. The van der Waals surface area contributed by atoms with Gasteiger partial charge in [0.2, 0.25) is 0 Å². The summed E-state index contributed by atoms with van der Waals surface area (Å²) in [6.45, 7) is 4.93. The number of anilines is 1. The molecule has 1 fully saturated rings. The summed E-state index contributed by atoms with van der Waals surface area (Å²) < 4.78 is 5.44. The fourth-order valence-corrected chi connectivity index (χ4v) is 2.82. The molecule has 0 amide bonds. The number of nitro groups is 1. The molecule has 1 saturated heterocycles. The SMILES string of the molecule is CCOc1cc(N2CCC(CCN)CC2)cc([N+](=O)[O-])c1. The van der Waals surface area contributed by atoms with Gasteiger partial charge in [-0.15, -0.1) is 0 Å². The number of hydrogen-bond donors (Lipinski definition) is 1. The van der Waals surface area contributed by atoms with E-state index in [9.17, 15) is 10.1 Å². The molecule has 6 heteroatoms. The summed E-state index contributed by atoms with van der Waals surface area (Å²) in [5, 5.41) is 11.0. The highest BCUT2D eigenvalue weighted by molar-refractivity contribution is 5.58. The Morgan fingerprint density at radius 3 is 2.67 bits per heavy atom. The van der Waals surface area contributed by atoms with Crippen LogP contribution in [0.4, 0.5) is 11.4 Å². The normalized spacial score (nSPS) is 16.0. The van der Waals surface area contributed by atoms with Crippen LogP contribution in [0.25, 0.3) is 0 Å². The molecule has 116 valence electrons. The topological polar surface area (TPSA) is 81.6 Å². The second-order valence-corrected chi connectivity index (χ2v) is 5.38. The first-order valence-corrected chi connectivity index (χ1v) is 7.51. The lowest BCUT2D eigenvalue weighted by molar-refractivity contribution is -0.384. The van der Waals surface area contributed by atoms with Crippen molar-refractivity contribution in [3.05, 3.63) is 28.3 Å². The molecule has 0 aliphatic carbocycles. The molecular weight excluding hydrogens is 270 g/mol. The average Bonchev–Trinajstić information content (AvgIpc) is 2.48. The molecule has 2 rings (SSSR count). The standard InChI is InChI=1S/C15H23N3O3/c1-2-21-15-10-13(9-14(11-15)18(19)20)17-7-4-12(3-6-16)5-8-17/h9-12H,2-8,16H2,1H3. The van der Waals surface area contributed by atoms with Crippen molar-refractivity contribution >= 4 is 11.4 Å². The summed E-state index contributed by atoms with van der Waals surface area (Å²) in [6, 6.07) is 5.00. The van der Waals surface area contributed by atoms with Gasteiger partial charge < -0.3 is 15.4 Å². The Morgan fingerprint density at radius 2 is 2.10 bits per heavy atom. The molecule has 1 aliphatic rings. The van der Waals surface area contributed by atoms with Crippen LogP contribution in [0.2, 0.25) is 0 Å². The maximum Gasteiger partial charge on any atom is 0.275 e. The van der Waals surface area contributed by atoms with E-state index in [2.05, 4.69) is 4.90 Å². The first kappa shape index (κ1) is 15.6. The number of nitrogens with zero attached hydrogens (tertiary/aromatic N) is 2. The maximum absolute atomic E-state index is 11.0. The van der Waals surface area contributed by atoms with Gasteiger partial charge in [-0.2, -0.15) is 0 Å². The van der Waals surface area contributed by atoms with Crippen LogP contribution in [-0.2, 0) is 0 Å². The van der Waals surface area contributed by atoms with Gasteiger partial charge in [0.25, 0.3) is 5.69 Å². The molecule has 0 spiro atoms. The van der Waals surface area contributed by atoms with Crippen LogP contribution in [0.15, 0.2) is 18.2 Å². The molecule has 1 aromatic carbocycles. The third-order valence-corrected chi connectivity index (χ3v) is 3.95. The van der Waals surface area contributed by atoms with Gasteiger partial charge in [0, 0.05) is 30.9 Å². The van der Waals surface area contributed by atoms with Crippen LogP contribution in [-0.4, -0.2) is 31.2 Å². The number of ether oxygens (including phenoxy) is 1. The molecule has 0 aromatic heterocycles. The molecule has 0 atom stereocenters. The Kier molecular flexibility index (Phi) is 5.38. The van der Waals surface area contributed by atoms with Gasteiger partial charge in [0.15, 0.2) is 0 Å². The van der Waals surface area contributed by atoms with Crippen LogP contribution in [0.3, 0.4) is 0 Å². The summed E-state index contributed by atoms with van der Waals surface area (Å²) in [7, 11) is 0. The number of piperidine rings is 1. The van der Waals surface area contributed by atoms with Crippen molar-refractivity contribution in [2.45, 2.75) is 26.2 Å². The fourth-order valence-electron chi connectivity index (χ4n) is 2.82. The molecule has 1 aromatic rings. The van der Waals surface area contributed by atoms with Crippen LogP contribution < -0.4 is 15.4 Å². The largest absolute Gasteiger partial charge is 0.494 e. The molecule has 1 aliphatic heterocycles. The highest BCUT2D eigenvalue weighted by Gasteiger charge is 2.21. The first-order chi connectivity index (χ1) is 10.1. The van der Waals surface area contributed by atoms with Crippen LogP contribution in [0.5, 0.6) is 5.75 Å². The number of non-ortho nitro benzene ring substituents is 1. The molecule has 0 unspecified atom stereocenters. The van der Waals surface area contributed by atoms with Crippen molar-refractivity contribution in [2.75, 3.05) is 31.1 Å². The zero-order chi connectivity index (χ0) is 15.2. The second-order valence-electron chi connectivity index (χ2n) is 5.38. The van der Waals surface area contributed by atoms with Crippen molar-refractivity contribution < 1.29 is 9.66 Å². The average molecular weight is 293 g/mol. The number of hydrogen-bond acceptors (Lipinski definition) is 5. The van der Waals surface area contributed by atoms with E-state index in [-0.39, 0.29) is 10.6 Å². The molecular formula is C15H23N3O3. The first-order valence-electron chi connectivity index (χ1n) is 7.51. The molecule has 0 bridgehead atoms. The van der Waals surface area contributed by atoms with Gasteiger partial charge in [-0.3, -0.25) is 10.1 Å². The minimum absolute atomic E-state index is 0.0834. The summed E-state index contributed by atoms with van der Waals surface area (Å²) in [5.41, 5.74) is 6.56. The molecule has 6 nitrogen and oxygen atoms in total. The Labute approximate surface area is 125 Å². The minimum atomic E-state index is -0.368. The van der Waals surface area contributed by atoms with Gasteiger partial charge in [0.1, 0.15) is 5.75 Å². The Hall–Kier alpha value is -1.82. The number of nitro benzene ring substituents is 1. The van der Waals surface area contributed by atoms with E-state index >= 15 is 0 Å².